The first-order valence-corrected chi connectivity index (χ1v) is 18.3. The summed E-state index contributed by atoms with van der Waals surface area (Å²) in [4.78, 5) is 28.6. The van der Waals surface area contributed by atoms with Crippen LogP contribution >= 0.6 is 0 Å². The van der Waals surface area contributed by atoms with Crippen LogP contribution in [0.5, 0.6) is 0 Å². The van der Waals surface area contributed by atoms with Gasteiger partial charge in [0.1, 0.15) is 12.2 Å². The van der Waals surface area contributed by atoms with E-state index >= 15 is 0 Å². The molecule has 0 aromatic rings. The molecule has 0 saturated carbocycles. The van der Waals surface area contributed by atoms with Crippen LogP contribution in [0.4, 0.5) is 4.79 Å². The molecule has 4 fully saturated rings. The van der Waals surface area contributed by atoms with Crippen LogP contribution < -0.4 is 5.32 Å². The molecule has 5 aliphatic heterocycles. The van der Waals surface area contributed by atoms with Crippen LogP contribution in [-0.4, -0.2) is 67.1 Å². The van der Waals surface area contributed by atoms with Gasteiger partial charge < -0.3 is 24.4 Å². The highest BCUT2D eigenvalue weighted by Crippen LogP contribution is 2.41. The minimum atomic E-state index is -0.396. The van der Waals surface area contributed by atoms with E-state index in [-0.39, 0.29) is 47.4 Å². The number of nitrogens with one attached hydrogen (secondary N) is 1. The zero-order valence-electron chi connectivity index (χ0n) is 30.3. The van der Waals surface area contributed by atoms with Gasteiger partial charge in [-0.15, -0.1) is 0 Å². The van der Waals surface area contributed by atoms with Crippen LogP contribution in [0.2, 0.25) is 0 Å². The molecule has 46 heavy (non-hydrogen) atoms. The average Bonchev–Trinajstić information content (AvgIpc) is 3.77. The van der Waals surface area contributed by atoms with E-state index in [1.807, 2.05) is 13.0 Å². The molecule has 260 valence electrons. The first-order valence-electron chi connectivity index (χ1n) is 18.3. The molecule has 7 heteroatoms. The summed E-state index contributed by atoms with van der Waals surface area (Å²) < 4.78 is 18.3. The summed E-state index contributed by atoms with van der Waals surface area (Å²) in [5.41, 5.74) is 0.990. The molecule has 0 aliphatic carbocycles. The SMILES string of the molecule is CCC(C)C(C)C1OC1CC(C)(C)/C=C/C=C(\C)C1OC(=O)CC(C)CCC(C)C(OC(=O)NC2CN3CCC2CC3)/C=C/C1C. The minimum Gasteiger partial charge on any atom is -0.457 e. The molecule has 1 amide bonds. The van der Waals surface area contributed by atoms with Crippen molar-refractivity contribution in [3.8, 4) is 0 Å². The van der Waals surface area contributed by atoms with Crippen molar-refractivity contribution in [2.45, 2.75) is 138 Å². The van der Waals surface area contributed by atoms with Crippen molar-refractivity contribution in [2.24, 2.45) is 40.9 Å². The van der Waals surface area contributed by atoms with E-state index in [0.717, 1.165) is 57.3 Å². The van der Waals surface area contributed by atoms with Crippen molar-refractivity contribution < 1.29 is 23.8 Å². The number of hydrogen-bond donors (Lipinski definition) is 1. The Bertz CT molecular complexity index is 1110. The Labute approximate surface area is 279 Å². The summed E-state index contributed by atoms with van der Waals surface area (Å²) in [6.07, 6.45) is 16.8. The van der Waals surface area contributed by atoms with Gasteiger partial charge in [0.05, 0.1) is 12.2 Å². The topological polar surface area (TPSA) is 80.4 Å². The number of alkyl carbamates (subject to hydrolysis) is 1. The Kier molecular flexibility index (Phi) is 13.0. The lowest BCUT2D eigenvalue weighted by Crippen LogP contribution is -2.57. The Hall–Kier alpha value is -2.12. The number of piperidine rings is 3. The number of nitrogens with zero attached hydrogens (tertiary/aromatic N) is 1. The molecular weight excluding hydrogens is 576 g/mol. The van der Waals surface area contributed by atoms with Gasteiger partial charge in [-0.3, -0.25) is 4.79 Å². The number of cyclic esters (lactones) is 1. The molecule has 2 bridgehead atoms. The molecule has 5 heterocycles. The number of hydrogen-bond acceptors (Lipinski definition) is 6. The second-order valence-corrected chi connectivity index (χ2v) is 16.1. The number of fused-ring (bicyclic) bond motifs is 3. The Balaban J connectivity index is 1.41. The highest BCUT2D eigenvalue weighted by Gasteiger charge is 2.46. The molecule has 0 radical (unpaired) electrons. The average molecular weight is 641 g/mol. The van der Waals surface area contributed by atoms with Crippen molar-refractivity contribution in [3.63, 3.8) is 0 Å². The van der Waals surface area contributed by atoms with Crippen LogP contribution in [0.1, 0.15) is 107 Å². The van der Waals surface area contributed by atoms with Gasteiger partial charge >= 0.3 is 12.1 Å². The van der Waals surface area contributed by atoms with E-state index in [0.29, 0.717) is 36.4 Å². The maximum Gasteiger partial charge on any atom is 0.408 e. The minimum absolute atomic E-state index is 0.00862. The lowest BCUT2D eigenvalue weighted by Gasteiger charge is -2.44. The van der Waals surface area contributed by atoms with Gasteiger partial charge in [-0.1, -0.05) is 86.1 Å². The van der Waals surface area contributed by atoms with Crippen LogP contribution in [0.3, 0.4) is 0 Å². The second-order valence-electron chi connectivity index (χ2n) is 16.1. The van der Waals surface area contributed by atoms with Crippen LogP contribution in [0.15, 0.2) is 36.0 Å². The van der Waals surface area contributed by atoms with E-state index in [2.05, 4.69) is 89.9 Å². The number of epoxide rings is 1. The fourth-order valence-electron chi connectivity index (χ4n) is 7.69. The van der Waals surface area contributed by atoms with E-state index in [1.165, 1.54) is 6.42 Å². The number of esters is 1. The lowest BCUT2D eigenvalue weighted by molar-refractivity contribution is -0.149. The second kappa shape index (κ2) is 16.3. The highest BCUT2D eigenvalue weighted by atomic mass is 16.6. The normalized spacial score (nSPS) is 37.8. The largest absolute Gasteiger partial charge is 0.457 e. The number of carbonyl (C=O) groups is 2. The monoisotopic (exact) mass is 640 g/mol. The van der Waals surface area contributed by atoms with Gasteiger partial charge in [0, 0.05) is 24.9 Å². The van der Waals surface area contributed by atoms with Gasteiger partial charge in [0.25, 0.3) is 0 Å². The summed E-state index contributed by atoms with van der Waals surface area (Å²) in [5.74, 6) is 1.90. The van der Waals surface area contributed by atoms with E-state index in [9.17, 15) is 9.59 Å². The van der Waals surface area contributed by atoms with E-state index < -0.39 is 6.10 Å². The molecule has 0 aromatic heterocycles. The summed E-state index contributed by atoms with van der Waals surface area (Å²) in [6, 6.07) is 0.167. The first kappa shape index (κ1) is 36.7. The standard InChI is InChI=1S/C39H64N2O5/c1-10-26(3)30(7)37-34(44-37)23-39(8,9)19-11-12-28(5)36-29(6)15-16-33(27(4)14-13-25(2)22-35(42)46-36)45-38(43)40-32-24-41-20-17-31(32)18-21-41/h11-12,15-16,19,25-27,29-34,36-37H,10,13-14,17-18,20-24H2,1-9H3,(H,40,43)/b16-15+,19-11+,28-12+. The van der Waals surface area contributed by atoms with Gasteiger partial charge in [0.2, 0.25) is 0 Å². The first-order chi connectivity index (χ1) is 21.8. The summed E-state index contributed by atoms with van der Waals surface area (Å²) in [6.45, 7) is 23.0. The smallest absolute Gasteiger partial charge is 0.408 e. The number of allylic oxidation sites excluding steroid dienone is 3. The summed E-state index contributed by atoms with van der Waals surface area (Å²) in [7, 11) is 0. The van der Waals surface area contributed by atoms with Gasteiger partial charge in [0.15, 0.2) is 0 Å². The third kappa shape index (κ3) is 10.4. The fraction of sp³-hybridized carbons (Fsp3) is 0.795. The van der Waals surface area contributed by atoms with Gasteiger partial charge in [-0.2, -0.15) is 0 Å². The molecule has 7 nitrogen and oxygen atoms in total. The number of carbonyl (C=O) groups excluding carboxylic acids is 2. The number of amides is 1. The van der Waals surface area contributed by atoms with Gasteiger partial charge in [-0.05, 0) is 98.8 Å². The van der Waals surface area contributed by atoms with Crippen LogP contribution in [0, 0.1) is 40.9 Å². The van der Waals surface area contributed by atoms with Crippen molar-refractivity contribution in [1.82, 2.24) is 10.2 Å². The van der Waals surface area contributed by atoms with Gasteiger partial charge in [-0.25, -0.2) is 4.79 Å². The summed E-state index contributed by atoms with van der Waals surface area (Å²) >= 11 is 0. The molecule has 0 spiro atoms. The predicted octanol–water partition coefficient (Wildman–Crippen LogP) is 8.10. The molecule has 5 rings (SSSR count). The van der Waals surface area contributed by atoms with E-state index in [1.54, 1.807) is 0 Å². The fourth-order valence-corrected chi connectivity index (χ4v) is 7.69. The number of ether oxygens (including phenoxy) is 3. The molecule has 4 saturated heterocycles. The maximum absolute atomic E-state index is 13.1. The lowest BCUT2D eigenvalue weighted by atomic mass is 9.83. The van der Waals surface area contributed by atoms with Crippen molar-refractivity contribution in [3.05, 3.63) is 36.0 Å². The Morgan fingerprint density at radius 3 is 2.50 bits per heavy atom. The quantitative estimate of drug-likeness (QED) is 0.113. The zero-order valence-corrected chi connectivity index (χ0v) is 30.3. The molecule has 1 N–H and O–H groups in total. The summed E-state index contributed by atoms with van der Waals surface area (Å²) in [5, 5.41) is 3.19. The zero-order chi connectivity index (χ0) is 33.6. The third-order valence-corrected chi connectivity index (χ3v) is 11.5. The van der Waals surface area contributed by atoms with Crippen LogP contribution in [-0.2, 0) is 19.0 Å². The molecule has 0 aromatic carbocycles. The molecule has 10 unspecified atom stereocenters. The number of rotatable bonds is 10. The Morgan fingerprint density at radius 2 is 1.85 bits per heavy atom. The van der Waals surface area contributed by atoms with E-state index in [4.69, 9.17) is 14.2 Å². The van der Waals surface area contributed by atoms with Crippen molar-refractivity contribution in [2.75, 3.05) is 19.6 Å². The Morgan fingerprint density at radius 1 is 1.13 bits per heavy atom. The maximum atomic E-state index is 13.1. The third-order valence-electron chi connectivity index (χ3n) is 11.5. The van der Waals surface area contributed by atoms with Crippen molar-refractivity contribution in [1.29, 1.82) is 0 Å². The van der Waals surface area contributed by atoms with Crippen LogP contribution in [0.25, 0.3) is 0 Å². The highest BCUT2D eigenvalue weighted by molar-refractivity contribution is 5.70. The molecule has 10 atom stereocenters. The van der Waals surface area contributed by atoms with Crippen molar-refractivity contribution >= 4 is 12.1 Å². The molecule has 5 aliphatic rings. The predicted molar refractivity (Wildman–Crippen MR) is 185 cm³/mol. The molecular formula is C39H64N2O5.